The van der Waals surface area contributed by atoms with Gasteiger partial charge in [-0.1, -0.05) is 12.8 Å². The summed E-state index contributed by atoms with van der Waals surface area (Å²) in [5.41, 5.74) is 1.13. The quantitative estimate of drug-likeness (QED) is 0.680. The van der Waals surface area contributed by atoms with Gasteiger partial charge < -0.3 is 9.84 Å². The smallest absolute Gasteiger partial charge is 0.377 e. The summed E-state index contributed by atoms with van der Waals surface area (Å²) in [7, 11) is 1.58. The Kier molecular flexibility index (Phi) is 4.24. The second-order valence-corrected chi connectivity index (χ2v) is 5.55. The molecule has 0 aliphatic heterocycles. The molecule has 1 fully saturated rings. The van der Waals surface area contributed by atoms with Crippen molar-refractivity contribution < 1.29 is 19.4 Å². The van der Waals surface area contributed by atoms with Crippen LogP contribution in [0.4, 0.5) is 0 Å². The molecule has 1 aliphatic carbocycles. The van der Waals surface area contributed by atoms with Gasteiger partial charge in [0.1, 0.15) is 5.75 Å². The maximum Gasteiger partial charge on any atom is 0.377 e. The van der Waals surface area contributed by atoms with Gasteiger partial charge in [0.15, 0.2) is 0 Å². The summed E-state index contributed by atoms with van der Waals surface area (Å²) in [4.78, 5) is 22.4. The minimum atomic E-state index is -1.44. The number of hydrogen-bond acceptors (Lipinski definition) is 3. The van der Waals surface area contributed by atoms with Crippen LogP contribution in [0.25, 0.3) is 0 Å². The highest BCUT2D eigenvalue weighted by atomic mass is 79.9. The van der Waals surface area contributed by atoms with E-state index in [4.69, 9.17) is 9.84 Å². The van der Waals surface area contributed by atoms with Gasteiger partial charge in [0, 0.05) is 5.56 Å². The molecule has 5 heteroatoms. The highest BCUT2D eigenvalue weighted by Gasteiger charge is 2.25. The number of Topliss-reactive ketones (excluding diaryl/α,β-unsaturated/α-hetero) is 1. The second-order valence-electron chi connectivity index (χ2n) is 4.70. The molecule has 0 unspecified atom stereocenters. The molecule has 1 saturated carbocycles. The zero-order valence-corrected chi connectivity index (χ0v) is 12.2. The molecule has 0 aromatic heterocycles. The fraction of sp³-hybridized carbons (Fsp3) is 0.429. The fourth-order valence-corrected chi connectivity index (χ4v) is 3.26. The Morgan fingerprint density at radius 2 is 1.95 bits per heavy atom. The number of hydrogen-bond donors (Lipinski definition) is 1. The highest BCUT2D eigenvalue weighted by molar-refractivity contribution is 9.10. The van der Waals surface area contributed by atoms with Crippen molar-refractivity contribution in [3.05, 3.63) is 27.7 Å². The molecular formula is C14H15BrO4. The van der Waals surface area contributed by atoms with E-state index in [0.717, 1.165) is 31.2 Å². The molecule has 0 saturated heterocycles. The number of ketones is 1. The lowest BCUT2D eigenvalue weighted by Gasteiger charge is -2.17. The van der Waals surface area contributed by atoms with E-state index >= 15 is 0 Å². The van der Waals surface area contributed by atoms with Crippen molar-refractivity contribution in [3.63, 3.8) is 0 Å². The molecule has 1 aliphatic rings. The number of carbonyl (C=O) groups excluding carboxylic acids is 1. The topological polar surface area (TPSA) is 63.6 Å². The lowest BCUT2D eigenvalue weighted by molar-refractivity contribution is -0.131. The van der Waals surface area contributed by atoms with E-state index in [1.165, 1.54) is 6.07 Å². The summed E-state index contributed by atoms with van der Waals surface area (Å²) < 4.78 is 6.01. The Morgan fingerprint density at radius 3 is 2.47 bits per heavy atom. The van der Waals surface area contributed by atoms with Gasteiger partial charge in [0.25, 0.3) is 5.78 Å². The van der Waals surface area contributed by atoms with Crippen molar-refractivity contribution in [3.8, 4) is 5.75 Å². The Labute approximate surface area is 119 Å². The van der Waals surface area contributed by atoms with E-state index in [1.54, 1.807) is 13.2 Å². The average molecular weight is 327 g/mol. The maximum atomic E-state index is 11.6. The summed E-state index contributed by atoms with van der Waals surface area (Å²) in [5, 5.41) is 8.81. The molecule has 0 heterocycles. The van der Waals surface area contributed by atoms with Gasteiger partial charge in [0.05, 0.1) is 11.6 Å². The summed E-state index contributed by atoms with van der Waals surface area (Å²) in [6.07, 6.45) is 4.41. The van der Waals surface area contributed by atoms with E-state index in [9.17, 15) is 9.59 Å². The molecule has 4 nitrogen and oxygen atoms in total. The number of carboxylic acid groups (broad SMARTS) is 1. The van der Waals surface area contributed by atoms with E-state index in [-0.39, 0.29) is 5.56 Å². The monoisotopic (exact) mass is 326 g/mol. The van der Waals surface area contributed by atoms with Crippen LogP contribution in [-0.4, -0.2) is 24.0 Å². The molecule has 0 radical (unpaired) electrons. The Balaban J connectivity index is 2.49. The van der Waals surface area contributed by atoms with Crippen molar-refractivity contribution in [2.24, 2.45) is 0 Å². The summed E-state index contributed by atoms with van der Waals surface area (Å²) in [6.45, 7) is 0. The molecule has 0 amide bonds. The average Bonchev–Trinajstić information content (AvgIpc) is 2.90. The maximum absolute atomic E-state index is 11.6. The fourth-order valence-electron chi connectivity index (χ4n) is 2.62. The van der Waals surface area contributed by atoms with Crippen LogP contribution in [0.5, 0.6) is 5.75 Å². The van der Waals surface area contributed by atoms with Gasteiger partial charge >= 0.3 is 5.97 Å². The van der Waals surface area contributed by atoms with Crippen LogP contribution in [0.2, 0.25) is 0 Å². The zero-order chi connectivity index (χ0) is 14.0. The van der Waals surface area contributed by atoms with Crippen molar-refractivity contribution in [1.29, 1.82) is 0 Å². The predicted octanol–water partition coefficient (Wildman–Crippen LogP) is 3.38. The first-order chi connectivity index (χ1) is 9.04. The third kappa shape index (κ3) is 2.81. The number of carboxylic acids is 1. The molecule has 0 bridgehead atoms. The number of carbonyl (C=O) groups is 2. The molecule has 0 atom stereocenters. The van der Waals surface area contributed by atoms with E-state index < -0.39 is 11.8 Å². The van der Waals surface area contributed by atoms with E-state index in [0.29, 0.717) is 16.1 Å². The van der Waals surface area contributed by atoms with E-state index in [1.807, 2.05) is 0 Å². The summed E-state index contributed by atoms with van der Waals surface area (Å²) in [6, 6.07) is 3.17. The van der Waals surface area contributed by atoms with Crippen LogP contribution in [-0.2, 0) is 4.79 Å². The molecule has 1 aromatic carbocycles. The van der Waals surface area contributed by atoms with Crippen LogP contribution in [0.15, 0.2) is 16.6 Å². The van der Waals surface area contributed by atoms with Crippen LogP contribution in [0.3, 0.4) is 0 Å². The normalized spacial score (nSPS) is 15.5. The Hall–Kier alpha value is -1.36. The zero-order valence-electron chi connectivity index (χ0n) is 10.6. The largest absolute Gasteiger partial charge is 0.495 e. The van der Waals surface area contributed by atoms with Gasteiger partial charge in [-0.25, -0.2) is 4.79 Å². The van der Waals surface area contributed by atoms with Crippen molar-refractivity contribution in [2.45, 2.75) is 31.6 Å². The first kappa shape index (κ1) is 14.1. The Bertz CT molecular complexity index is 518. The molecule has 1 N–H and O–H groups in total. The van der Waals surface area contributed by atoms with Crippen LogP contribution < -0.4 is 4.74 Å². The van der Waals surface area contributed by atoms with Gasteiger partial charge in [-0.3, -0.25) is 4.79 Å². The van der Waals surface area contributed by atoms with Crippen molar-refractivity contribution >= 4 is 27.7 Å². The number of ether oxygens (including phenoxy) is 1. The van der Waals surface area contributed by atoms with Crippen LogP contribution in [0, 0.1) is 0 Å². The highest BCUT2D eigenvalue weighted by Crippen LogP contribution is 2.42. The summed E-state index contributed by atoms with van der Waals surface area (Å²) in [5.74, 6) is -1.28. The first-order valence-corrected chi connectivity index (χ1v) is 6.99. The van der Waals surface area contributed by atoms with Crippen molar-refractivity contribution in [2.75, 3.05) is 7.11 Å². The number of aliphatic carboxylic acids is 1. The van der Waals surface area contributed by atoms with Gasteiger partial charge in [0.2, 0.25) is 0 Å². The number of rotatable bonds is 4. The van der Waals surface area contributed by atoms with Gasteiger partial charge in [-0.05, 0) is 52.4 Å². The molecule has 0 spiro atoms. The third-order valence-corrected chi connectivity index (χ3v) is 4.12. The van der Waals surface area contributed by atoms with Gasteiger partial charge in [-0.2, -0.15) is 0 Å². The summed E-state index contributed by atoms with van der Waals surface area (Å²) >= 11 is 3.35. The Morgan fingerprint density at radius 1 is 1.32 bits per heavy atom. The molecular weight excluding hydrogens is 312 g/mol. The standard InChI is InChI=1S/C14H15BrO4/c1-19-13-10(8-4-2-3-5-8)6-9(7-11(13)15)12(16)14(17)18/h6-8H,2-5H2,1H3,(H,17,18). The van der Waals surface area contributed by atoms with Crippen LogP contribution in [0.1, 0.15) is 47.5 Å². The molecule has 102 valence electrons. The third-order valence-electron chi connectivity index (χ3n) is 3.53. The van der Waals surface area contributed by atoms with Gasteiger partial charge in [-0.15, -0.1) is 0 Å². The number of benzene rings is 1. The van der Waals surface area contributed by atoms with Crippen LogP contribution >= 0.6 is 15.9 Å². The SMILES string of the molecule is COc1c(Br)cc(C(=O)C(=O)O)cc1C1CCCC1. The minimum absolute atomic E-state index is 0.196. The molecule has 2 rings (SSSR count). The lowest BCUT2D eigenvalue weighted by Crippen LogP contribution is -2.13. The first-order valence-electron chi connectivity index (χ1n) is 6.19. The minimum Gasteiger partial charge on any atom is -0.495 e. The molecule has 19 heavy (non-hydrogen) atoms. The lowest BCUT2D eigenvalue weighted by atomic mass is 9.94. The molecule has 1 aromatic rings. The number of methoxy groups -OCH3 is 1. The van der Waals surface area contributed by atoms with E-state index in [2.05, 4.69) is 15.9 Å². The number of halogens is 1. The predicted molar refractivity (Wildman–Crippen MR) is 73.9 cm³/mol. The second kappa shape index (κ2) is 5.74. The van der Waals surface area contributed by atoms with Crippen molar-refractivity contribution in [1.82, 2.24) is 0 Å².